The molecule has 0 spiro atoms. The molecule has 0 amide bonds. The Hall–Kier alpha value is -1.82. The van der Waals surface area contributed by atoms with Gasteiger partial charge in [-0.3, -0.25) is 10.1 Å². The fraction of sp³-hybridized carbons (Fsp3) is 0.571. The van der Waals surface area contributed by atoms with Crippen molar-refractivity contribution in [1.29, 1.82) is 0 Å². The van der Waals surface area contributed by atoms with Crippen LogP contribution in [0.4, 0.5) is 11.4 Å². The molecule has 0 radical (unpaired) electrons. The minimum atomic E-state index is -0.394. The zero-order valence-electron chi connectivity index (χ0n) is 11.8. The van der Waals surface area contributed by atoms with Crippen LogP contribution in [0.5, 0.6) is 5.75 Å². The number of hydrogen-bond donors (Lipinski definition) is 1. The van der Waals surface area contributed by atoms with E-state index in [1.165, 1.54) is 7.11 Å². The Balaban J connectivity index is 2.24. The second kappa shape index (κ2) is 6.09. The number of aliphatic hydroxyl groups excluding tert-OH is 1. The van der Waals surface area contributed by atoms with Crippen LogP contribution in [0.15, 0.2) is 18.2 Å². The summed E-state index contributed by atoms with van der Waals surface area (Å²) in [6.07, 6.45) is 1.36. The van der Waals surface area contributed by atoms with E-state index in [1.54, 1.807) is 25.1 Å². The van der Waals surface area contributed by atoms with Crippen LogP contribution in [0.25, 0.3) is 0 Å². The Morgan fingerprint density at radius 3 is 2.60 bits per heavy atom. The minimum Gasteiger partial charge on any atom is -0.490 e. The third kappa shape index (κ3) is 2.85. The average molecular weight is 280 g/mol. The molecule has 0 aromatic heterocycles. The second-order valence-electron chi connectivity index (χ2n) is 5.15. The summed E-state index contributed by atoms with van der Waals surface area (Å²) in [5, 5.41) is 20.9. The molecule has 20 heavy (non-hydrogen) atoms. The maximum absolute atomic E-state index is 11.3. The fourth-order valence-corrected chi connectivity index (χ4v) is 2.74. The Bertz CT molecular complexity index is 482. The van der Waals surface area contributed by atoms with E-state index in [0.717, 1.165) is 12.8 Å². The van der Waals surface area contributed by atoms with Gasteiger partial charge < -0.3 is 14.7 Å². The number of anilines is 1. The molecule has 0 saturated carbocycles. The van der Waals surface area contributed by atoms with Gasteiger partial charge in [0.2, 0.25) is 0 Å². The van der Waals surface area contributed by atoms with Crippen molar-refractivity contribution in [3.05, 3.63) is 28.3 Å². The highest BCUT2D eigenvalue weighted by molar-refractivity contribution is 5.69. The van der Waals surface area contributed by atoms with E-state index in [0.29, 0.717) is 18.8 Å². The molecule has 1 aliphatic heterocycles. The molecule has 1 unspecified atom stereocenters. The largest absolute Gasteiger partial charge is 0.490 e. The predicted molar refractivity (Wildman–Crippen MR) is 76.3 cm³/mol. The van der Waals surface area contributed by atoms with E-state index in [-0.39, 0.29) is 23.5 Å². The number of ether oxygens (including phenoxy) is 1. The van der Waals surface area contributed by atoms with Gasteiger partial charge in [0.05, 0.1) is 18.1 Å². The Labute approximate surface area is 118 Å². The normalized spacial score (nSPS) is 17.9. The van der Waals surface area contributed by atoms with Gasteiger partial charge in [0, 0.05) is 13.1 Å². The lowest BCUT2D eigenvalue weighted by Gasteiger charge is -2.34. The molecule has 6 nitrogen and oxygen atoms in total. The number of methoxy groups -OCH3 is 1. The first-order chi connectivity index (χ1) is 9.54. The molecule has 1 saturated heterocycles. The Kier molecular flexibility index (Phi) is 4.44. The summed E-state index contributed by atoms with van der Waals surface area (Å²) in [5.41, 5.74) is 0.615. The van der Waals surface area contributed by atoms with Crippen molar-refractivity contribution in [1.82, 2.24) is 0 Å². The standard InChI is InChI=1S/C14H20N2O4/c1-10(17)11-6-8-15(9-7-11)12-4-3-5-13(20-2)14(12)16(18)19/h3-5,10-11,17H,6-9H2,1-2H3. The SMILES string of the molecule is COc1cccc(N2CCC(C(C)O)CC2)c1[N+](=O)[O-]. The first kappa shape index (κ1) is 14.6. The van der Waals surface area contributed by atoms with Crippen LogP contribution in [0.1, 0.15) is 19.8 Å². The van der Waals surface area contributed by atoms with Gasteiger partial charge in [-0.1, -0.05) is 6.07 Å². The maximum atomic E-state index is 11.3. The third-order valence-electron chi connectivity index (χ3n) is 3.94. The highest BCUT2D eigenvalue weighted by Crippen LogP contribution is 2.38. The monoisotopic (exact) mass is 280 g/mol. The van der Waals surface area contributed by atoms with E-state index in [1.807, 2.05) is 4.90 Å². The summed E-state index contributed by atoms with van der Waals surface area (Å²) in [5.74, 6) is 0.557. The molecule has 1 aliphatic rings. The van der Waals surface area contributed by atoms with Gasteiger partial charge in [0.25, 0.3) is 0 Å². The molecule has 2 rings (SSSR count). The number of para-hydroxylation sites is 1. The van der Waals surface area contributed by atoms with Gasteiger partial charge in [-0.15, -0.1) is 0 Å². The number of nitro benzene ring substituents is 1. The van der Waals surface area contributed by atoms with Crippen molar-refractivity contribution in [2.24, 2.45) is 5.92 Å². The van der Waals surface area contributed by atoms with Gasteiger partial charge in [0.1, 0.15) is 5.69 Å². The second-order valence-corrected chi connectivity index (χ2v) is 5.15. The smallest absolute Gasteiger partial charge is 0.333 e. The lowest BCUT2D eigenvalue weighted by atomic mass is 9.92. The van der Waals surface area contributed by atoms with Crippen molar-refractivity contribution >= 4 is 11.4 Å². The number of aliphatic hydroxyl groups is 1. The Morgan fingerprint density at radius 2 is 2.10 bits per heavy atom. The first-order valence-electron chi connectivity index (χ1n) is 6.79. The predicted octanol–water partition coefficient (Wildman–Crippen LogP) is 2.20. The van der Waals surface area contributed by atoms with E-state index in [4.69, 9.17) is 4.74 Å². The molecule has 1 N–H and O–H groups in total. The van der Waals surface area contributed by atoms with E-state index in [2.05, 4.69) is 0 Å². The van der Waals surface area contributed by atoms with Crippen molar-refractivity contribution in [2.45, 2.75) is 25.9 Å². The molecule has 1 aromatic carbocycles. The summed E-state index contributed by atoms with van der Waals surface area (Å²) in [6, 6.07) is 5.12. The van der Waals surface area contributed by atoms with Crippen LogP contribution in [0.3, 0.4) is 0 Å². The summed E-state index contributed by atoms with van der Waals surface area (Å²) < 4.78 is 5.09. The molecular formula is C14H20N2O4. The maximum Gasteiger partial charge on any atom is 0.333 e. The summed E-state index contributed by atoms with van der Waals surface area (Å²) >= 11 is 0. The van der Waals surface area contributed by atoms with Gasteiger partial charge in [0.15, 0.2) is 5.75 Å². The van der Waals surface area contributed by atoms with Crippen molar-refractivity contribution in [2.75, 3.05) is 25.1 Å². The zero-order chi connectivity index (χ0) is 14.7. The van der Waals surface area contributed by atoms with Crippen LogP contribution in [0.2, 0.25) is 0 Å². The zero-order valence-corrected chi connectivity index (χ0v) is 11.8. The molecule has 0 aliphatic carbocycles. The molecule has 1 heterocycles. The average Bonchev–Trinajstić information content (AvgIpc) is 2.46. The number of hydrogen-bond acceptors (Lipinski definition) is 5. The lowest BCUT2D eigenvalue weighted by Crippen LogP contribution is -2.37. The van der Waals surface area contributed by atoms with E-state index >= 15 is 0 Å². The van der Waals surface area contributed by atoms with Crippen LogP contribution >= 0.6 is 0 Å². The number of nitro groups is 1. The molecule has 1 atom stereocenters. The van der Waals surface area contributed by atoms with Crippen LogP contribution in [0, 0.1) is 16.0 Å². The lowest BCUT2D eigenvalue weighted by molar-refractivity contribution is -0.385. The molecule has 110 valence electrons. The summed E-state index contributed by atoms with van der Waals surface area (Å²) in [4.78, 5) is 12.9. The van der Waals surface area contributed by atoms with Gasteiger partial charge in [-0.05, 0) is 37.8 Å². The van der Waals surface area contributed by atoms with Gasteiger partial charge in [-0.2, -0.15) is 0 Å². The number of benzene rings is 1. The van der Waals surface area contributed by atoms with Crippen molar-refractivity contribution in [3.8, 4) is 5.75 Å². The van der Waals surface area contributed by atoms with E-state index in [9.17, 15) is 15.2 Å². The fourth-order valence-electron chi connectivity index (χ4n) is 2.74. The Morgan fingerprint density at radius 1 is 1.45 bits per heavy atom. The highest BCUT2D eigenvalue weighted by Gasteiger charge is 2.28. The van der Waals surface area contributed by atoms with Crippen LogP contribution in [-0.4, -0.2) is 36.3 Å². The number of nitrogens with zero attached hydrogens (tertiary/aromatic N) is 2. The first-order valence-corrected chi connectivity index (χ1v) is 6.79. The van der Waals surface area contributed by atoms with Gasteiger partial charge >= 0.3 is 5.69 Å². The summed E-state index contributed by atoms with van der Waals surface area (Å²) in [7, 11) is 1.44. The van der Waals surface area contributed by atoms with Crippen LogP contribution < -0.4 is 9.64 Å². The van der Waals surface area contributed by atoms with Crippen molar-refractivity contribution in [3.63, 3.8) is 0 Å². The van der Waals surface area contributed by atoms with Crippen molar-refractivity contribution < 1.29 is 14.8 Å². The molecular weight excluding hydrogens is 260 g/mol. The number of rotatable bonds is 4. The minimum absolute atomic E-state index is 0.0190. The van der Waals surface area contributed by atoms with Gasteiger partial charge in [-0.25, -0.2) is 0 Å². The molecule has 0 bridgehead atoms. The summed E-state index contributed by atoms with van der Waals surface area (Å²) in [6.45, 7) is 3.22. The molecule has 6 heteroatoms. The molecule has 1 aromatic rings. The highest BCUT2D eigenvalue weighted by atomic mass is 16.6. The van der Waals surface area contributed by atoms with E-state index < -0.39 is 4.92 Å². The molecule has 1 fully saturated rings. The number of piperidine rings is 1. The third-order valence-corrected chi connectivity index (χ3v) is 3.94. The topological polar surface area (TPSA) is 75.8 Å². The quantitative estimate of drug-likeness (QED) is 0.676. The van der Waals surface area contributed by atoms with Crippen LogP contribution in [-0.2, 0) is 0 Å².